The first-order valence-corrected chi connectivity index (χ1v) is 11.6. The Kier molecular flexibility index (Phi) is 9.06. The van der Waals surface area contributed by atoms with E-state index in [-0.39, 0.29) is 0 Å². The maximum Gasteiger partial charge on any atom is 0.191 e. The number of aromatic nitrogens is 1. The van der Waals surface area contributed by atoms with Crippen LogP contribution >= 0.6 is 0 Å². The van der Waals surface area contributed by atoms with Gasteiger partial charge < -0.3 is 20.3 Å². The number of pyridine rings is 1. The van der Waals surface area contributed by atoms with E-state index in [1.807, 2.05) is 6.20 Å². The van der Waals surface area contributed by atoms with Gasteiger partial charge in [-0.1, -0.05) is 31.7 Å². The molecule has 0 unspecified atom stereocenters. The molecule has 1 aliphatic heterocycles. The Morgan fingerprint density at radius 1 is 1.14 bits per heavy atom. The van der Waals surface area contributed by atoms with Crippen LogP contribution in [0.2, 0.25) is 0 Å². The summed E-state index contributed by atoms with van der Waals surface area (Å²) in [6.07, 6.45) is 12.4. The van der Waals surface area contributed by atoms with Crippen molar-refractivity contribution in [1.29, 1.82) is 0 Å². The van der Waals surface area contributed by atoms with Crippen molar-refractivity contribution in [3.63, 3.8) is 0 Å². The number of ether oxygens (including phenoxy) is 1. The van der Waals surface area contributed by atoms with E-state index >= 15 is 0 Å². The lowest BCUT2D eigenvalue weighted by Crippen LogP contribution is -2.49. The van der Waals surface area contributed by atoms with Crippen LogP contribution in [0.15, 0.2) is 23.3 Å². The van der Waals surface area contributed by atoms with Gasteiger partial charge in [-0.15, -0.1) is 0 Å². The quantitative estimate of drug-likeness (QED) is 0.316. The molecule has 1 saturated heterocycles. The van der Waals surface area contributed by atoms with E-state index in [1.54, 1.807) is 0 Å². The predicted molar refractivity (Wildman–Crippen MR) is 121 cm³/mol. The average Bonchev–Trinajstić information content (AvgIpc) is 3.01. The fraction of sp³-hybridized carbons (Fsp3) is 0.739. The van der Waals surface area contributed by atoms with Gasteiger partial charge in [0, 0.05) is 31.9 Å². The molecule has 0 atom stereocenters. The number of aliphatic imine (C=N–C) groups is 1. The average molecular weight is 402 g/mol. The number of guanidine groups is 1. The normalized spacial score (nSPS) is 19.8. The highest BCUT2D eigenvalue weighted by molar-refractivity contribution is 5.80. The van der Waals surface area contributed by atoms with Gasteiger partial charge in [0.2, 0.25) is 0 Å². The van der Waals surface area contributed by atoms with Gasteiger partial charge in [-0.05, 0) is 51.2 Å². The number of anilines is 1. The van der Waals surface area contributed by atoms with Crippen LogP contribution in [0.3, 0.4) is 0 Å². The van der Waals surface area contributed by atoms with Crippen LogP contribution in [-0.4, -0.2) is 55.9 Å². The second-order valence-electron chi connectivity index (χ2n) is 8.34. The van der Waals surface area contributed by atoms with Crippen molar-refractivity contribution in [2.45, 2.75) is 77.4 Å². The smallest absolute Gasteiger partial charge is 0.191 e. The lowest BCUT2D eigenvalue weighted by molar-refractivity contribution is 0.0487. The van der Waals surface area contributed by atoms with Crippen LogP contribution in [0.5, 0.6) is 0 Å². The Hall–Kier alpha value is -1.82. The number of nitrogens with zero attached hydrogens (tertiary/aromatic N) is 3. The van der Waals surface area contributed by atoms with Gasteiger partial charge in [0.15, 0.2) is 5.96 Å². The van der Waals surface area contributed by atoms with Crippen LogP contribution in [0.4, 0.5) is 5.82 Å². The van der Waals surface area contributed by atoms with Crippen molar-refractivity contribution < 1.29 is 4.74 Å². The maximum absolute atomic E-state index is 6.08. The first-order valence-electron chi connectivity index (χ1n) is 11.6. The zero-order valence-corrected chi connectivity index (χ0v) is 18.3. The summed E-state index contributed by atoms with van der Waals surface area (Å²) < 4.78 is 6.08. The summed E-state index contributed by atoms with van der Waals surface area (Å²) in [5.74, 6) is 2.01. The first kappa shape index (κ1) is 21.9. The SMILES string of the molecule is CCNC(=NCCOC1CCCCCC1)NC1CCN(c2ccc(C)cn2)CC1. The van der Waals surface area contributed by atoms with Gasteiger partial charge in [0.05, 0.1) is 19.3 Å². The summed E-state index contributed by atoms with van der Waals surface area (Å²) in [6.45, 7) is 8.56. The van der Waals surface area contributed by atoms with E-state index in [2.05, 4.69) is 46.5 Å². The monoisotopic (exact) mass is 401 g/mol. The van der Waals surface area contributed by atoms with E-state index in [1.165, 1.54) is 44.1 Å². The van der Waals surface area contributed by atoms with E-state index in [0.29, 0.717) is 12.1 Å². The zero-order valence-electron chi connectivity index (χ0n) is 18.3. The molecule has 0 aromatic carbocycles. The fourth-order valence-electron chi connectivity index (χ4n) is 4.20. The Bertz CT molecular complexity index is 602. The molecule has 0 radical (unpaired) electrons. The second-order valence-corrected chi connectivity index (χ2v) is 8.34. The van der Waals surface area contributed by atoms with Gasteiger partial charge in [-0.25, -0.2) is 4.98 Å². The van der Waals surface area contributed by atoms with Crippen LogP contribution in [0, 0.1) is 6.92 Å². The maximum atomic E-state index is 6.08. The number of aryl methyl sites for hydroxylation is 1. The van der Waals surface area contributed by atoms with E-state index in [0.717, 1.165) is 57.4 Å². The molecular weight excluding hydrogens is 362 g/mol. The van der Waals surface area contributed by atoms with Crippen LogP contribution in [0.25, 0.3) is 0 Å². The van der Waals surface area contributed by atoms with Crippen LogP contribution in [-0.2, 0) is 4.74 Å². The molecule has 6 heteroatoms. The molecule has 29 heavy (non-hydrogen) atoms. The van der Waals surface area contributed by atoms with Crippen molar-refractivity contribution in [2.75, 3.05) is 37.7 Å². The molecule has 3 rings (SSSR count). The van der Waals surface area contributed by atoms with Gasteiger partial charge in [0.1, 0.15) is 5.82 Å². The van der Waals surface area contributed by atoms with Crippen molar-refractivity contribution >= 4 is 11.8 Å². The molecule has 1 aromatic heterocycles. The molecule has 162 valence electrons. The molecule has 2 heterocycles. The third kappa shape index (κ3) is 7.50. The van der Waals surface area contributed by atoms with Crippen molar-refractivity contribution in [1.82, 2.24) is 15.6 Å². The van der Waals surface area contributed by atoms with Gasteiger partial charge in [-0.2, -0.15) is 0 Å². The molecule has 2 N–H and O–H groups in total. The summed E-state index contributed by atoms with van der Waals surface area (Å²) in [5.41, 5.74) is 1.21. The highest BCUT2D eigenvalue weighted by Crippen LogP contribution is 2.20. The van der Waals surface area contributed by atoms with Crippen molar-refractivity contribution in [3.8, 4) is 0 Å². The summed E-state index contributed by atoms with van der Waals surface area (Å²) in [6, 6.07) is 4.72. The molecule has 1 aromatic rings. The molecule has 0 amide bonds. The third-order valence-corrected chi connectivity index (χ3v) is 5.92. The van der Waals surface area contributed by atoms with Gasteiger partial charge >= 0.3 is 0 Å². The van der Waals surface area contributed by atoms with Crippen LogP contribution in [0.1, 0.15) is 63.9 Å². The first-order chi connectivity index (χ1) is 14.2. The van der Waals surface area contributed by atoms with E-state index < -0.39 is 0 Å². The topological polar surface area (TPSA) is 61.8 Å². The third-order valence-electron chi connectivity index (χ3n) is 5.92. The Labute approximate surface area is 176 Å². The summed E-state index contributed by atoms with van der Waals surface area (Å²) in [4.78, 5) is 11.7. The molecule has 6 nitrogen and oxygen atoms in total. The summed E-state index contributed by atoms with van der Waals surface area (Å²) >= 11 is 0. The number of piperidine rings is 1. The van der Waals surface area contributed by atoms with Crippen molar-refractivity contribution in [2.24, 2.45) is 4.99 Å². The molecule has 1 saturated carbocycles. The summed E-state index contributed by atoms with van der Waals surface area (Å²) in [7, 11) is 0. The van der Waals surface area contributed by atoms with Gasteiger partial charge in [-0.3, -0.25) is 4.99 Å². The molecule has 0 spiro atoms. The highest BCUT2D eigenvalue weighted by Gasteiger charge is 2.21. The van der Waals surface area contributed by atoms with E-state index in [4.69, 9.17) is 9.73 Å². The minimum absolute atomic E-state index is 0.447. The number of hydrogen-bond donors (Lipinski definition) is 2. The minimum Gasteiger partial charge on any atom is -0.376 e. The van der Waals surface area contributed by atoms with Crippen molar-refractivity contribution in [3.05, 3.63) is 23.9 Å². The largest absolute Gasteiger partial charge is 0.376 e. The lowest BCUT2D eigenvalue weighted by atomic mass is 10.1. The second kappa shape index (κ2) is 12.0. The Morgan fingerprint density at radius 2 is 1.90 bits per heavy atom. The molecule has 2 fully saturated rings. The fourth-order valence-corrected chi connectivity index (χ4v) is 4.20. The van der Waals surface area contributed by atoms with E-state index in [9.17, 15) is 0 Å². The summed E-state index contributed by atoms with van der Waals surface area (Å²) in [5, 5.41) is 7.01. The minimum atomic E-state index is 0.447. The highest BCUT2D eigenvalue weighted by atomic mass is 16.5. The number of hydrogen-bond acceptors (Lipinski definition) is 4. The number of rotatable bonds is 7. The Balaban J connectivity index is 1.40. The molecular formula is C23H39N5O. The predicted octanol–water partition coefficient (Wildman–Crippen LogP) is 3.65. The van der Waals surface area contributed by atoms with Crippen LogP contribution < -0.4 is 15.5 Å². The lowest BCUT2D eigenvalue weighted by Gasteiger charge is -2.33. The molecule has 0 bridgehead atoms. The Morgan fingerprint density at radius 3 is 2.55 bits per heavy atom. The molecule has 1 aliphatic carbocycles. The van der Waals surface area contributed by atoms with Gasteiger partial charge in [0.25, 0.3) is 0 Å². The standard InChI is InChI=1S/C23H39N5O/c1-3-24-23(25-14-17-29-21-8-6-4-5-7-9-21)27-20-12-15-28(16-13-20)22-11-10-19(2)18-26-22/h10-11,18,20-21H,3-9,12-17H2,1-2H3,(H2,24,25,27). The number of nitrogens with one attached hydrogen (secondary N) is 2. The zero-order chi connectivity index (χ0) is 20.3. The molecule has 2 aliphatic rings.